The van der Waals surface area contributed by atoms with Crippen molar-refractivity contribution in [3.63, 3.8) is 0 Å². The number of allylic oxidation sites excluding steroid dienone is 10. The summed E-state index contributed by atoms with van der Waals surface area (Å²) in [5, 5.41) is 11.5. The maximum Gasteiger partial charge on any atom is 0.306 e. The van der Waals surface area contributed by atoms with E-state index < -0.39 is 18.1 Å². The van der Waals surface area contributed by atoms with Crippen LogP contribution in [0.15, 0.2) is 60.8 Å². The predicted molar refractivity (Wildman–Crippen MR) is 199 cm³/mol. The topological polar surface area (TPSA) is 102 Å². The van der Waals surface area contributed by atoms with Gasteiger partial charge in [0.1, 0.15) is 12.6 Å². The Morgan fingerprint density at radius 2 is 1.14 bits per heavy atom. The second-order valence-electron chi connectivity index (χ2n) is 13.5. The molecule has 0 aromatic carbocycles. The minimum Gasteiger partial charge on any atom is -0.544 e. The van der Waals surface area contributed by atoms with Gasteiger partial charge < -0.3 is 28.6 Å². The Balaban J connectivity index is 4.46. The number of quaternary nitrogens is 1. The van der Waals surface area contributed by atoms with Gasteiger partial charge in [-0.05, 0) is 51.4 Å². The molecule has 0 bridgehead atoms. The van der Waals surface area contributed by atoms with Gasteiger partial charge in [0.05, 0.1) is 40.3 Å². The third-order valence-corrected chi connectivity index (χ3v) is 7.98. The highest BCUT2D eigenvalue weighted by Crippen LogP contribution is 2.11. The molecule has 0 rings (SSSR count). The van der Waals surface area contributed by atoms with Crippen LogP contribution < -0.4 is 5.11 Å². The van der Waals surface area contributed by atoms with E-state index in [1.54, 1.807) is 21.1 Å². The van der Waals surface area contributed by atoms with E-state index in [0.717, 1.165) is 57.8 Å². The lowest BCUT2D eigenvalue weighted by molar-refractivity contribution is -0.889. The van der Waals surface area contributed by atoms with Crippen LogP contribution in [0.2, 0.25) is 0 Å². The van der Waals surface area contributed by atoms with Crippen LogP contribution in [-0.2, 0) is 28.6 Å². The Bertz CT molecular complexity index is 990. The second kappa shape index (κ2) is 32.2. The van der Waals surface area contributed by atoms with E-state index in [4.69, 9.17) is 14.2 Å². The van der Waals surface area contributed by atoms with Crippen molar-refractivity contribution < 1.29 is 38.2 Å². The van der Waals surface area contributed by atoms with E-state index in [1.165, 1.54) is 32.1 Å². The summed E-state index contributed by atoms with van der Waals surface area (Å²) in [4.78, 5) is 36.5. The molecule has 0 aliphatic heterocycles. The van der Waals surface area contributed by atoms with E-state index in [0.29, 0.717) is 6.42 Å². The third kappa shape index (κ3) is 30.8. The molecular formula is C41H69NO7. The van der Waals surface area contributed by atoms with Crippen LogP contribution in [0.1, 0.15) is 129 Å². The van der Waals surface area contributed by atoms with Crippen LogP contribution in [0.25, 0.3) is 0 Å². The van der Waals surface area contributed by atoms with Gasteiger partial charge in [-0.1, -0.05) is 120 Å². The number of carboxylic acid groups (broad SMARTS) is 1. The first-order valence-electron chi connectivity index (χ1n) is 18.9. The fourth-order valence-corrected chi connectivity index (χ4v) is 4.98. The van der Waals surface area contributed by atoms with E-state index >= 15 is 0 Å². The summed E-state index contributed by atoms with van der Waals surface area (Å²) in [6, 6.07) is -0.735. The maximum absolute atomic E-state index is 12.6. The van der Waals surface area contributed by atoms with Crippen molar-refractivity contribution in [3.05, 3.63) is 60.8 Å². The Labute approximate surface area is 298 Å². The van der Waals surface area contributed by atoms with Crippen molar-refractivity contribution in [3.8, 4) is 0 Å². The number of aliphatic carboxylic acids is 1. The summed E-state index contributed by atoms with van der Waals surface area (Å²) in [5.41, 5.74) is 0. The van der Waals surface area contributed by atoms with Crippen LogP contribution in [0, 0.1) is 0 Å². The molecule has 280 valence electrons. The van der Waals surface area contributed by atoms with Crippen LogP contribution in [0.5, 0.6) is 0 Å². The monoisotopic (exact) mass is 688 g/mol. The summed E-state index contributed by atoms with van der Waals surface area (Å²) >= 11 is 0. The van der Waals surface area contributed by atoms with Gasteiger partial charge in [-0.3, -0.25) is 9.59 Å². The number of carbonyl (C=O) groups is 3. The van der Waals surface area contributed by atoms with Crippen LogP contribution >= 0.6 is 0 Å². The molecule has 0 spiro atoms. The molecule has 0 saturated heterocycles. The Morgan fingerprint density at radius 3 is 1.73 bits per heavy atom. The number of nitrogens with zero attached hydrogens (tertiary/aromatic N) is 1. The van der Waals surface area contributed by atoms with Gasteiger partial charge >= 0.3 is 11.9 Å². The largest absolute Gasteiger partial charge is 0.544 e. The molecule has 0 aromatic rings. The highest BCUT2D eigenvalue weighted by molar-refractivity contribution is 5.70. The smallest absolute Gasteiger partial charge is 0.306 e. The summed E-state index contributed by atoms with van der Waals surface area (Å²) < 4.78 is 16.9. The van der Waals surface area contributed by atoms with E-state index in [-0.39, 0.29) is 55.5 Å². The van der Waals surface area contributed by atoms with Gasteiger partial charge in [0, 0.05) is 19.3 Å². The Kier molecular flexibility index (Phi) is 30.3. The number of ether oxygens (including phenoxy) is 3. The van der Waals surface area contributed by atoms with Gasteiger partial charge in [-0.25, -0.2) is 0 Å². The first-order chi connectivity index (χ1) is 23.6. The first kappa shape index (κ1) is 46.0. The van der Waals surface area contributed by atoms with Gasteiger partial charge in [-0.15, -0.1) is 0 Å². The molecule has 49 heavy (non-hydrogen) atoms. The predicted octanol–water partition coefficient (Wildman–Crippen LogP) is 8.13. The normalized spacial score (nSPS) is 13.7. The molecule has 0 amide bonds. The summed E-state index contributed by atoms with van der Waals surface area (Å²) in [6.45, 7) is 4.46. The van der Waals surface area contributed by atoms with Gasteiger partial charge in [0.25, 0.3) is 0 Å². The van der Waals surface area contributed by atoms with Crippen LogP contribution in [0.3, 0.4) is 0 Å². The average molecular weight is 688 g/mol. The SMILES string of the molecule is CCCCC/C=C/C=C/C=C/C=C/CCCCCCCC(=O)OC(COCCC(C(=O)[O-])[N+](C)(C)C)COC(=O)CC/C=C/CCCCC. The molecule has 0 saturated carbocycles. The van der Waals surface area contributed by atoms with Crippen molar-refractivity contribution in [2.75, 3.05) is 41.0 Å². The molecule has 0 N–H and O–H groups in total. The number of rotatable bonds is 32. The van der Waals surface area contributed by atoms with E-state index in [2.05, 4.69) is 56.4 Å². The van der Waals surface area contributed by atoms with Crippen LogP contribution in [-0.4, -0.2) is 75.5 Å². The zero-order valence-electron chi connectivity index (χ0n) is 31.6. The van der Waals surface area contributed by atoms with Crippen LogP contribution in [0.4, 0.5) is 0 Å². The van der Waals surface area contributed by atoms with Crippen molar-refractivity contribution in [2.24, 2.45) is 0 Å². The summed E-state index contributed by atoms with van der Waals surface area (Å²) in [6.07, 6.45) is 37.0. The zero-order chi connectivity index (χ0) is 36.4. The number of esters is 2. The highest BCUT2D eigenvalue weighted by atomic mass is 16.6. The number of unbranched alkanes of at least 4 members (excludes halogenated alkanes) is 11. The molecule has 2 atom stereocenters. The summed E-state index contributed by atoms with van der Waals surface area (Å²) in [7, 11) is 5.36. The number of hydrogen-bond acceptors (Lipinski definition) is 7. The van der Waals surface area contributed by atoms with Gasteiger partial charge in [0.2, 0.25) is 0 Å². The minimum absolute atomic E-state index is 0.0163. The molecule has 0 fully saturated rings. The molecule has 0 heterocycles. The molecular weight excluding hydrogens is 618 g/mol. The Hall–Kier alpha value is -2.97. The molecule has 0 radical (unpaired) electrons. The quantitative estimate of drug-likeness (QED) is 0.0231. The standard InChI is InChI=1S/C41H69NO7/c1-6-8-10-12-14-15-16-17-18-19-20-21-22-23-24-26-28-30-32-40(44)49-37(35-47-34-33-38(41(45)46)42(3,4)5)36-48-39(43)31-29-27-25-13-11-9-7-2/h14-21,25,27,37-38H,6-13,22-24,26,28-36H2,1-5H3/b15-14+,17-16+,19-18+,21-20+,27-25+. The molecule has 8 nitrogen and oxygen atoms in total. The second-order valence-corrected chi connectivity index (χ2v) is 13.5. The molecule has 0 aliphatic rings. The van der Waals surface area contributed by atoms with Gasteiger partial charge in [0.15, 0.2) is 6.10 Å². The lowest BCUT2D eigenvalue weighted by Gasteiger charge is -2.34. The Morgan fingerprint density at radius 1 is 0.612 bits per heavy atom. The van der Waals surface area contributed by atoms with E-state index in [1.807, 2.05) is 18.2 Å². The fourth-order valence-electron chi connectivity index (χ4n) is 4.98. The lowest BCUT2D eigenvalue weighted by Crippen LogP contribution is -2.55. The van der Waals surface area contributed by atoms with Crippen molar-refractivity contribution in [2.45, 2.75) is 142 Å². The highest BCUT2D eigenvalue weighted by Gasteiger charge is 2.25. The average Bonchev–Trinajstić information content (AvgIpc) is 3.05. The summed E-state index contributed by atoms with van der Waals surface area (Å²) in [5.74, 6) is -1.85. The number of carbonyl (C=O) groups excluding carboxylic acids is 3. The number of carboxylic acids is 1. The van der Waals surface area contributed by atoms with E-state index in [9.17, 15) is 19.5 Å². The van der Waals surface area contributed by atoms with Gasteiger partial charge in [-0.2, -0.15) is 0 Å². The number of likely N-dealkylation sites (N-methyl/N-ethyl adjacent to an activating group) is 1. The molecule has 0 aliphatic carbocycles. The maximum atomic E-state index is 12.6. The lowest BCUT2D eigenvalue weighted by atomic mass is 10.1. The molecule has 0 aromatic heterocycles. The number of hydrogen-bond donors (Lipinski definition) is 0. The molecule has 8 heteroatoms. The zero-order valence-corrected chi connectivity index (χ0v) is 31.6. The first-order valence-corrected chi connectivity index (χ1v) is 18.9. The minimum atomic E-state index is -1.14. The third-order valence-electron chi connectivity index (χ3n) is 7.98. The van der Waals surface area contributed by atoms with Crippen molar-refractivity contribution in [1.82, 2.24) is 0 Å². The fraction of sp³-hybridized carbons (Fsp3) is 0.683. The van der Waals surface area contributed by atoms with Crippen molar-refractivity contribution in [1.29, 1.82) is 0 Å². The molecule has 2 unspecified atom stereocenters. The van der Waals surface area contributed by atoms with Crippen molar-refractivity contribution >= 4 is 17.9 Å².